The molecule has 0 amide bonds. The van der Waals surface area contributed by atoms with Crippen LogP contribution in [0, 0.1) is 0 Å². The number of methoxy groups -OCH3 is 2. The Morgan fingerprint density at radius 3 is 2.48 bits per heavy atom. The molecule has 7 heteroatoms. The van der Waals surface area contributed by atoms with Crippen LogP contribution in [0.2, 0.25) is 0 Å². The average Bonchev–Trinajstić information content (AvgIpc) is 3.30. The third-order valence-corrected chi connectivity index (χ3v) is 3.97. The van der Waals surface area contributed by atoms with Crippen molar-refractivity contribution in [2.75, 3.05) is 14.2 Å². The molecule has 0 N–H and O–H groups in total. The van der Waals surface area contributed by atoms with Gasteiger partial charge in [-0.25, -0.2) is 0 Å². The summed E-state index contributed by atoms with van der Waals surface area (Å²) in [5.41, 5.74) is 2.74. The van der Waals surface area contributed by atoms with E-state index in [0.717, 1.165) is 22.2 Å². The average molecular weight is 336 g/mol. The number of hydrogen-bond acceptors (Lipinski definition) is 6. The number of fused-ring (bicyclic) bond motifs is 1. The Bertz CT molecular complexity index is 986. The van der Waals surface area contributed by atoms with Crippen molar-refractivity contribution >= 4 is 10.9 Å². The summed E-state index contributed by atoms with van der Waals surface area (Å²) in [7, 11) is 3.26. The van der Waals surface area contributed by atoms with Crippen molar-refractivity contribution in [3.8, 4) is 22.8 Å². The molecule has 0 saturated heterocycles. The van der Waals surface area contributed by atoms with Gasteiger partial charge in [-0.1, -0.05) is 18.2 Å². The third kappa shape index (κ3) is 2.80. The lowest BCUT2D eigenvalue weighted by molar-refractivity contribution is 0.394. The molecule has 2 aromatic carbocycles. The minimum atomic E-state index is 0.404. The van der Waals surface area contributed by atoms with E-state index < -0.39 is 0 Å². The highest BCUT2D eigenvalue weighted by atomic mass is 16.5. The van der Waals surface area contributed by atoms with Crippen LogP contribution in [0.4, 0.5) is 0 Å². The Morgan fingerprint density at radius 2 is 1.80 bits per heavy atom. The number of benzene rings is 2. The number of para-hydroxylation sites is 1. The monoisotopic (exact) mass is 336 g/mol. The molecule has 4 aromatic rings. The summed E-state index contributed by atoms with van der Waals surface area (Å²) >= 11 is 0. The molecule has 7 nitrogen and oxygen atoms in total. The molecule has 0 bridgehead atoms. The zero-order chi connectivity index (χ0) is 17.2. The highest BCUT2D eigenvalue weighted by molar-refractivity contribution is 5.93. The molecule has 0 radical (unpaired) electrons. The van der Waals surface area contributed by atoms with Crippen LogP contribution in [0.5, 0.6) is 11.5 Å². The minimum Gasteiger partial charge on any atom is -0.497 e. The number of ether oxygens (including phenoxy) is 2. The van der Waals surface area contributed by atoms with Gasteiger partial charge in [0.25, 0.3) is 0 Å². The molecule has 0 atom stereocenters. The van der Waals surface area contributed by atoms with E-state index in [4.69, 9.17) is 19.0 Å². The van der Waals surface area contributed by atoms with Gasteiger partial charge < -0.3 is 13.9 Å². The molecular weight excluding hydrogens is 320 g/mol. The molecule has 0 aliphatic rings. The topological polar surface area (TPSA) is 75.2 Å². The van der Waals surface area contributed by atoms with Crippen LogP contribution in [-0.4, -0.2) is 34.2 Å². The van der Waals surface area contributed by atoms with Crippen LogP contribution in [-0.2, 0) is 6.54 Å². The van der Waals surface area contributed by atoms with Gasteiger partial charge in [0.05, 0.1) is 19.7 Å². The molecule has 0 spiro atoms. The van der Waals surface area contributed by atoms with Crippen LogP contribution < -0.4 is 9.47 Å². The molecule has 2 heterocycles. The molecule has 0 aliphatic carbocycles. The van der Waals surface area contributed by atoms with Gasteiger partial charge >= 0.3 is 0 Å². The van der Waals surface area contributed by atoms with Crippen LogP contribution in [0.25, 0.3) is 22.2 Å². The van der Waals surface area contributed by atoms with Crippen molar-refractivity contribution in [1.29, 1.82) is 0 Å². The smallest absolute Gasteiger partial charge is 0.237 e. The second-order valence-corrected chi connectivity index (χ2v) is 5.46. The maximum absolute atomic E-state index is 5.38. The Balaban J connectivity index is 1.88. The van der Waals surface area contributed by atoms with Crippen LogP contribution >= 0.6 is 0 Å². The summed E-state index contributed by atoms with van der Waals surface area (Å²) in [5, 5.41) is 13.4. The lowest BCUT2D eigenvalue weighted by atomic mass is 10.1. The summed E-state index contributed by atoms with van der Waals surface area (Å²) in [5.74, 6) is 1.93. The van der Waals surface area contributed by atoms with Gasteiger partial charge in [-0.3, -0.25) is 4.68 Å². The first kappa shape index (κ1) is 15.2. The van der Waals surface area contributed by atoms with E-state index in [1.807, 2.05) is 47.1 Å². The van der Waals surface area contributed by atoms with Crippen molar-refractivity contribution < 1.29 is 13.9 Å². The minimum absolute atomic E-state index is 0.404. The first-order valence-electron chi connectivity index (χ1n) is 7.72. The molecule has 0 fully saturated rings. The van der Waals surface area contributed by atoms with Gasteiger partial charge in [0.1, 0.15) is 23.7 Å². The van der Waals surface area contributed by atoms with Crippen LogP contribution in [0.1, 0.15) is 5.89 Å². The van der Waals surface area contributed by atoms with E-state index in [1.54, 1.807) is 14.2 Å². The predicted molar refractivity (Wildman–Crippen MR) is 91.7 cm³/mol. The van der Waals surface area contributed by atoms with Gasteiger partial charge in [0.15, 0.2) is 0 Å². The number of aromatic nitrogens is 4. The molecule has 0 saturated carbocycles. The second-order valence-electron chi connectivity index (χ2n) is 5.46. The molecule has 0 unspecified atom stereocenters. The summed E-state index contributed by atoms with van der Waals surface area (Å²) in [6, 6.07) is 13.7. The Hall–Kier alpha value is -3.35. The van der Waals surface area contributed by atoms with Gasteiger partial charge in [0, 0.05) is 17.0 Å². The summed E-state index contributed by atoms with van der Waals surface area (Å²) < 4.78 is 17.9. The molecular formula is C18H16N4O3. The molecule has 0 aliphatic heterocycles. The number of nitrogens with zero attached hydrogens (tertiary/aromatic N) is 4. The second kappa shape index (κ2) is 6.27. The zero-order valence-electron chi connectivity index (χ0n) is 13.8. The lowest BCUT2D eigenvalue weighted by Crippen LogP contribution is -2.02. The van der Waals surface area contributed by atoms with Crippen LogP contribution in [0.3, 0.4) is 0 Å². The summed E-state index contributed by atoms with van der Waals surface area (Å²) in [6.07, 6.45) is 1.31. The fourth-order valence-electron chi connectivity index (χ4n) is 2.80. The largest absolute Gasteiger partial charge is 0.497 e. The first-order chi connectivity index (χ1) is 12.3. The fourth-order valence-corrected chi connectivity index (χ4v) is 2.80. The van der Waals surface area contributed by atoms with E-state index >= 15 is 0 Å². The van der Waals surface area contributed by atoms with Crippen molar-refractivity contribution in [3.63, 3.8) is 0 Å². The van der Waals surface area contributed by atoms with Crippen molar-refractivity contribution in [3.05, 3.63) is 54.7 Å². The lowest BCUT2D eigenvalue weighted by Gasteiger charge is -2.07. The molecule has 25 heavy (non-hydrogen) atoms. The zero-order valence-corrected chi connectivity index (χ0v) is 13.8. The number of hydrogen-bond donors (Lipinski definition) is 0. The van der Waals surface area contributed by atoms with E-state index in [1.165, 1.54) is 6.39 Å². The summed E-state index contributed by atoms with van der Waals surface area (Å²) in [6.45, 7) is 0.404. The standard InChI is InChI=1S/C18H16N4O3/c1-23-13-7-12(8-14(9-13)24-2)18-15-5-3-4-6-16(15)22(21-18)10-17-20-19-11-25-17/h3-9,11H,10H2,1-2H3. The number of rotatable bonds is 5. The predicted octanol–water partition coefficient (Wildman–Crippen LogP) is 3.15. The van der Waals surface area contributed by atoms with Gasteiger partial charge in [-0.05, 0) is 18.2 Å². The van der Waals surface area contributed by atoms with Crippen molar-refractivity contribution in [2.45, 2.75) is 6.54 Å². The van der Waals surface area contributed by atoms with E-state index in [9.17, 15) is 0 Å². The first-order valence-corrected chi connectivity index (χ1v) is 7.72. The normalized spacial score (nSPS) is 11.0. The molecule has 126 valence electrons. The van der Waals surface area contributed by atoms with Gasteiger partial charge in [0.2, 0.25) is 12.3 Å². The Morgan fingerprint density at radius 1 is 1.04 bits per heavy atom. The summed E-state index contributed by atoms with van der Waals surface area (Å²) in [4.78, 5) is 0. The van der Waals surface area contributed by atoms with E-state index in [-0.39, 0.29) is 0 Å². The van der Waals surface area contributed by atoms with Crippen molar-refractivity contribution in [1.82, 2.24) is 20.0 Å². The van der Waals surface area contributed by atoms with E-state index in [0.29, 0.717) is 23.9 Å². The highest BCUT2D eigenvalue weighted by Crippen LogP contribution is 2.33. The van der Waals surface area contributed by atoms with E-state index in [2.05, 4.69) is 10.2 Å². The van der Waals surface area contributed by atoms with Gasteiger partial charge in [-0.2, -0.15) is 5.10 Å². The van der Waals surface area contributed by atoms with Gasteiger partial charge in [-0.15, -0.1) is 10.2 Å². The maximum Gasteiger partial charge on any atom is 0.237 e. The fraction of sp³-hybridized carbons (Fsp3) is 0.167. The quantitative estimate of drug-likeness (QED) is 0.557. The maximum atomic E-state index is 5.38. The molecule has 2 aromatic heterocycles. The molecule has 4 rings (SSSR count). The third-order valence-electron chi connectivity index (χ3n) is 3.97. The highest BCUT2D eigenvalue weighted by Gasteiger charge is 2.15. The van der Waals surface area contributed by atoms with Crippen LogP contribution in [0.15, 0.2) is 53.3 Å². The Labute approximate surface area is 143 Å². The Kier molecular flexibility index (Phi) is 3.81. The van der Waals surface area contributed by atoms with Crippen molar-refractivity contribution in [2.24, 2.45) is 0 Å². The SMILES string of the molecule is COc1cc(OC)cc(-c2nn(Cc3nnco3)c3ccccc23)c1.